The molecule has 0 unspecified atom stereocenters. The maximum atomic E-state index is 12.3. The monoisotopic (exact) mass is 405 g/mol. The lowest BCUT2D eigenvalue weighted by Gasteiger charge is -2.03. The molecule has 0 amide bonds. The van der Waals surface area contributed by atoms with Crippen molar-refractivity contribution < 1.29 is 38.1 Å². The van der Waals surface area contributed by atoms with E-state index in [4.69, 9.17) is 4.74 Å². The Morgan fingerprint density at radius 1 is 1.05 bits per heavy atom. The lowest BCUT2D eigenvalue weighted by molar-refractivity contribution is -0.657. The fourth-order valence-corrected chi connectivity index (χ4v) is 2.39. The molecule has 112 valence electrons. The van der Waals surface area contributed by atoms with Gasteiger partial charge in [-0.15, -0.1) is 0 Å². The maximum Gasteiger partial charge on any atom is 0.227 e. The van der Waals surface area contributed by atoms with Crippen molar-refractivity contribution in [3.8, 4) is 5.75 Å². The van der Waals surface area contributed by atoms with Gasteiger partial charge in [0, 0.05) is 17.7 Å². The molecule has 3 aromatic rings. The number of rotatable bonds is 4. The third-order valence-electron chi connectivity index (χ3n) is 3.50. The third kappa shape index (κ3) is 3.44. The molecule has 22 heavy (non-hydrogen) atoms. The van der Waals surface area contributed by atoms with Crippen LogP contribution in [0.2, 0.25) is 0 Å². The molecular weight excluding hydrogens is 389 g/mol. The zero-order chi connectivity index (χ0) is 14.7. The van der Waals surface area contributed by atoms with Crippen LogP contribution in [0.1, 0.15) is 10.4 Å². The van der Waals surface area contributed by atoms with Crippen LogP contribution in [0.3, 0.4) is 0 Å². The summed E-state index contributed by atoms with van der Waals surface area (Å²) in [5.41, 5.74) is 1.75. The smallest absolute Gasteiger partial charge is 0.227 e. The van der Waals surface area contributed by atoms with Crippen molar-refractivity contribution in [2.45, 2.75) is 6.54 Å². The first kappa shape index (κ1) is 16.4. The molecule has 0 aliphatic heterocycles. The van der Waals surface area contributed by atoms with Crippen molar-refractivity contribution in [3.63, 3.8) is 0 Å². The van der Waals surface area contributed by atoms with Crippen LogP contribution in [0.4, 0.5) is 0 Å². The Balaban J connectivity index is 0.00000176. The second-order valence-corrected chi connectivity index (χ2v) is 4.85. The van der Waals surface area contributed by atoms with Crippen LogP contribution in [0.25, 0.3) is 10.9 Å². The van der Waals surface area contributed by atoms with Crippen LogP contribution in [0.5, 0.6) is 5.75 Å². The summed E-state index contributed by atoms with van der Waals surface area (Å²) in [5, 5.41) is 1.05. The standard InChI is InChI=1S/C18H16NO2.HI/c1-21-16-9-10-17-15(12-16)8-5-11-19(17)13-18(20)14-6-3-2-4-7-14;/h2-12H,13H2,1H3;1H/q+1;/p-1. The molecule has 1 aromatic heterocycles. The Morgan fingerprint density at radius 3 is 2.55 bits per heavy atom. The molecule has 0 spiro atoms. The molecule has 3 rings (SSSR count). The number of methoxy groups -OCH3 is 1. The predicted octanol–water partition coefficient (Wildman–Crippen LogP) is 0.0228. The fraction of sp³-hybridized carbons (Fsp3) is 0.111. The highest BCUT2D eigenvalue weighted by atomic mass is 127. The average Bonchev–Trinajstić information content (AvgIpc) is 2.55. The van der Waals surface area contributed by atoms with Crippen LogP contribution in [0, 0.1) is 0 Å². The SMILES string of the molecule is COc1ccc2c(ccc[n+]2CC(=O)c2ccccc2)c1.[I-]. The summed E-state index contributed by atoms with van der Waals surface area (Å²) >= 11 is 0. The van der Waals surface area contributed by atoms with Crippen molar-refractivity contribution in [1.82, 2.24) is 0 Å². The largest absolute Gasteiger partial charge is 1.00 e. The molecule has 0 atom stereocenters. The summed E-state index contributed by atoms with van der Waals surface area (Å²) in [7, 11) is 1.65. The van der Waals surface area contributed by atoms with Gasteiger partial charge in [-0.05, 0) is 18.2 Å². The van der Waals surface area contributed by atoms with Crippen molar-refractivity contribution in [3.05, 3.63) is 72.4 Å². The Hall–Kier alpha value is -1.95. The first-order valence-electron chi connectivity index (χ1n) is 6.82. The highest BCUT2D eigenvalue weighted by Gasteiger charge is 2.15. The van der Waals surface area contributed by atoms with Crippen LogP contribution < -0.4 is 33.3 Å². The second-order valence-electron chi connectivity index (χ2n) is 4.85. The minimum absolute atomic E-state index is 0. The molecule has 1 heterocycles. The number of pyridine rings is 1. The molecule has 0 radical (unpaired) electrons. The van der Waals surface area contributed by atoms with E-state index in [1.54, 1.807) is 7.11 Å². The van der Waals surface area contributed by atoms with E-state index in [2.05, 4.69) is 0 Å². The van der Waals surface area contributed by atoms with Gasteiger partial charge >= 0.3 is 0 Å². The summed E-state index contributed by atoms with van der Waals surface area (Å²) in [5.74, 6) is 0.915. The molecule has 2 aromatic carbocycles. The Labute approximate surface area is 146 Å². The predicted molar refractivity (Wildman–Crippen MR) is 81.5 cm³/mol. The maximum absolute atomic E-state index is 12.3. The summed E-state index contributed by atoms with van der Waals surface area (Å²) in [6.45, 7) is 0.327. The number of nitrogens with zero attached hydrogens (tertiary/aromatic N) is 1. The lowest BCUT2D eigenvalue weighted by Crippen LogP contribution is -3.00. The molecule has 0 saturated heterocycles. The number of ether oxygens (including phenoxy) is 1. The first-order valence-corrected chi connectivity index (χ1v) is 6.82. The molecule has 0 fully saturated rings. The zero-order valence-electron chi connectivity index (χ0n) is 12.2. The van der Waals surface area contributed by atoms with Crippen LogP contribution in [-0.4, -0.2) is 12.9 Å². The van der Waals surface area contributed by atoms with Gasteiger partial charge in [-0.25, -0.2) is 0 Å². The van der Waals surface area contributed by atoms with Crippen LogP contribution >= 0.6 is 0 Å². The van der Waals surface area contributed by atoms with E-state index in [1.807, 2.05) is 71.4 Å². The van der Waals surface area contributed by atoms with E-state index in [0.29, 0.717) is 6.54 Å². The van der Waals surface area contributed by atoms with Crippen LogP contribution in [-0.2, 0) is 6.54 Å². The van der Waals surface area contributed by atoms with Gasteiger partial charge in [0.2, 0.25) is 17.8 Å². The quantitative estimate of drug-likeness (QED) is 0.348. The third-order valence-corrected chi connectivity index (χ3v) is 3.50. The van der Waals surface area contributed by atoms with E-state index < -0.39 is 0 Å². The molecule has 3 nitrogen and oxygen atoms in total. The molecule has 0 saturated carbocycles. The highest BCUT2D eigenvalue weighted by molar-refractivity contribution is 5.95. The molecule has 0 aliphatic carbocycles. The number of Topliss-reactive ketones (excluding diaryl/α,β-unsaturated/α-hetero) is 1. The minimum Gasteiger partial charge on any atom is -1.00 e. The van der Waals surface area contributed by atoms with E-state index in [-0.39, 0.29) is 29.8 Å². The number of benzene rings is 2. The van der Waals surface area contributed by atoms with Crippen molar-refractivity contribution in [1.29, 1.82) is 0 Å². The number of hydrogen-bond donors (Lipinski definition) is 0. The normalized spacial score (nSPS) is 10.0. The van der Waals surface area contributed by atoms with Gasteiger partial charge in [-0.1, -0.05) is 30.3 Å². The van der Waals surface area contributed by atoms with E-state index in [9.17, 15) is 4.79 Å². The van der Waals surface area contributed by atoms with Crippen molar-refractivity contribution in [2.75, 3.05) is 7.11 Å². The molecular formula is C18H16INO2. The lowest BCUT2D eigenvalue weighted by atomic mass is 10.1. The van der Waals surface area contributed by atoms with Gasteiger partial charge in [0.1, 0.15) is 5.75 Å². The molecule has 0 bridgehead atoms. The average molecular weight is 405 g/mol. The van der Waals surface area contributed by atoms with Crippen LogP contribution in [0.15, 0.2) is 66.9 Å². The number of aromatic nitrogens is 1. The van der Waals surface area contributed by atoms with Crippen molar-refractivity contribution >= 4 is 16.7 Å². The van der Waals surface area contributed by atoms with E-state index in [0.717, 1.165) is 22.2 Å². The molecule has 0 aliphatic rings. The number of hydrogen-bond acceptors (Lipinski definition) is 2. The van der Waals surface area contributed by atoms with Crippen molar-refractivity contribution in [2.24, 2.45) is 0 Å². The number of halogens is 1. The molecule has 0 N–H and O–H groups in total. The number of ketones is 1. The number of fused-ring (bicyclic) bond motifs is 1. The van der Waals surface area contributed by atoms with Gasteiger partial charge in [-0.2, -0.15) is 4.57 Å². The Bertz CT molecular complexity index is 787. The summed E-state index contributed by atoms with van der Waals surface area (Å²) in [6, 6.07) is 19.2. The number of carbonyl (C=O) groups excluding carboxylic acids is 1. The van der Waals surface area contributed by atoms with Gasteiger partial charge in [0.05, 0.1) is 12.5 Å². The topological polar surface area (TPSA) is 30.2 Å². The second kappa shape index (κ2) is 7.35. The summed E-state index contributed by atoms with van der Waals surface area (Å²) in [6.07, 6.45) is 1.93. The summed E-state index contributed by atoms with van der Waals surface area (Å²) < 4.78 is 7.20. The minimum atomic E-state index is 0. The zero-order valence-corrected chi connectivity index (χ0v) is 14.4. The summed E-state index contributed by atoms with van der Waals surface area (Å²) in [4.78, 5) is 12.3. The molecule has 4 heteroatoms. The Morgan fingerprint density at radius 2 is 1.82 bits per heavy atom. The Kier molecular flexibility index (Phi) is 5.49. The first-order chi connectivity index (χ1) is 10.3. The number of carbonyl (C=O) groups is 1. The van der Waals surface area contributed by atoms with E-state index >= 15 is 0 Å². The van der Waals surface area contributed by atoms with Gasteiger partial charge in [0.15, 0.2) is 6.20 Å². The van der Waals surface area contributed by atoms with E-state index in [1.165, 1.54) is 0 Å². The fourth-order valence-electron chi connectivity index (χ4n) is 2.39. The van der Waals surface area contributed by atoms with Gasteiger partial charge < -0.3 is 28.7 Å². The van der Waals surface area contributed by atoms with Gasteiger partial charge in [-0.3, -0.25) is 4.79 Å². The highest BCUT2D eigenvalue weighted by Crippen LogP contribution is 2.17. The van der Waals surface area contributed by atoms with Gasteiger partial charge in [0.25, 0.3) is 0 Å².